The molecule has 1 aliphatic rings. The Morgan fingerprint density at radius 3 is 2.09 bits per heavy atom. The fourth-order valence-electron chi connectivity index (χ4n) is 3.97. The van der Waals surface area contributed by atoms with Crippen molar-refractivity contribution in [3.8, 4) is 23.0 Å². The quantitative estimate of drug-likeness (QED) is 0.406. The van der Waals surface area contributed by atoms with Crippen LogP contribution in [0.1, 0.15) is 58.0 Å². The Labute approximate surface area is 205 Å². The first kappa shape index (κ1) is 26.4. The predicted octanol–water partition coefficient (Wildman–Crippen LogP) is 6.50. The van der Waals surface area contributed by atoms with Gasteiger partial charge in [-0.3, -0.25) is 0 Å². The van der Waals surface area contributed by atoms with Crippen molar-refractivity contribution in [2.24, 2.45) is 11.8 Å². The number of aliphatic hydroxyl groups is 1. The highest BCUT2D eigenvalue weighted by atomic mass is 28.4. The van der Waals surface area contributed by atoms with Crippen molar-refractivity contribution in [2.45, 2.75) is 65.0 Å². The van der Waals surface area contributed by atoms with Crippen molar-refractivity contribution < 1.29 is 28.5 Å². The number of rotatable bonds is 9. The minimum atomic E-state index is -2.13. The van der Waals surface area contributed by atoms with Gasteiger partial charge in [0, 0.05) is 0 Å². The zero-order valence-electron chi connectivity index (χ0n) is 22.0. The molecular formula is C27H40O6Si. The van der Waals surface area contributed by atoms with E-state index in [1.165, 1.54) is 0 Å². The normalized spacial score (nSPS) is 17.1. The number of methoxy groups -OCH3 is 2. The fourth-order valence-corrected chi connectivity index (χ4v) is 5.31. The molecule has 0 aromatic heterocycles. The lowest BCUT2D eigenvalue weighted by atomic mass is 9.81. The largest absolute Gasteiger partial charge is 0.493 e. The van der Waals surface area contributed by atoms with Crippen molar-refractivity contribution in [1.29, 1.82) is 0 Å². The molecule has 0 fully saturated rings. The summed E-state index contributed by atoms with van der Waals surface area (Å²) in [6.45, 7) is 15.7. The highest BCUT2D eigenvalue weighted by Crippen LogP contribution is 2.46. The molecule has 0 spiro atoms. The molecule has 0 saturated carbocycles. The zero-order valence-corrected chi connectivity index (χ0v) is 23.0. The predicted molar refractivity (Wildman–Crippen MR) is 136 cm³/mol. The van der Waals surface area contributed by atoms with E-state index in [-0.39, 0.29) is 29.8 Å². The number of aliphatic hydroxyl groups excluding tert-OH is 1. The molecule has 188 valence electrons. The van der Waals surface area contributed by atoms with Crippen LogP contribution in [0.2, 0.25) is 18.1 Å². The number of fused-ring (bicyclic) bond motifs is 1. The molecule has 0 amide bonds. The van der Waals surface area contributed by atoms with Crippen LogP contribution in [-0.2, 0) is 4.43 Å². The Morgan fingerprint density at radius 1 is 0.853 bits per heavy atom. The van der Waals surface area contributed by atoms with Gasteiger partial charge in [-0.2, -0.15) is 0 Å². The van der Waals surface area contributed by atoms with Gasteiger partial charge < -0.3 is 28.5 Å². The number of hydrogen-bond donors (Lipinski definition) is 1. The Kier molecular flexibility index (Phi) is 7.90. The molecule has 0 radical (unpaired) electrons. The summed E-state index contributed by atoms with van der Waals surface area (Å²) in [5.74, 6) is 2.64. The molecule has 34 heavy (non-hydrogen) atoms. The lowest BCUT2D eigenvalue weighted by Crippen LogP contribution is -2.43. The highest BCUT2D eigenvalue weighted by Gasteiger charge is 2.42. The minimum absolute atomic E-state index is 0.00708. The van der Waals surface area contributed by atoms with E-state index < -0.39 is 14.4 Å². The molecule has 0 aliphatic carbocycles. The van der Waals surface area contributed by atoms with E-state index in [0.717, 1.165) is 11.1 Å². The number of hydrogen-bond acceptors (Lipinski definition) is 6. The van der Waals surface area contributed by atoms with E-state index in [1.54, 1.807) is 14.2 Å². The second kappa shape index (κ2) is 10.2. The van der Waals surface area contributed by atoms with Crippen LogP contribution in [-0.4, -0.2) is 34.4 Å². The van der Waals surface area contributed by atoms with Gasteiger partial charge in [0.15, 0.2) is 31.3 Å². The van der Waals surface area contributed by atoms with Gasteiger partial charge >= 0.3 is 0 Å². The van der Waals surface area contributed by atoms with Crippen LogP contribution in [0.15, 0.2) is 36.4 Å². The van der Waals surface area contributed by atoms with Crippen LogP contribution in [0.5, 0.6) is 23.0 Å². The monoisotopic (exact) mass is 488 g/mol. The average molecular weight is 489 g/mol. The maximum Gasteiger partial charge on any atom is 0.231 e. The second-order valence-electron chi connectivity index (χ2n) is 10.7. The Balaban J connectivity index is 1.96. The molecule has 0 bridgehead atoms. The van der Waals surface area contributed by atoms with Gasteiger partial charge in [-0.1, -0.05) is 46.8 Å². The van der Waals surface area contributed by atoms with Crippen LogP contribution in [0.3, 0.4) is 0 Å². The maximum atomic E-state index is 11.3. The smallest absolute Gasteiger partial charge is 0.231 e. The molecular weight excluding hydrogens is 448 g/mol. The van der Waals surface area contributed by atoms with Crippen LogP contribution in [0, 0.1) is 11.8 Å². The topological polar surface area (TPSA) is 66.4 Å². The summed E-state index contributed by atoms with van der Waals surface area (Å²) in [5.41, 5.74) is 1.82. The van der Waals surface area contributed by atoms with Gasteiger partial charge in [0.05, 0.1) is 26.4 Å². The van der Waals surface area contributed by atoms with Crippen molar-refractivity contribution in [2.75, 3.05) is 21.0 Å². The summed E-state index contributed by atoms with van der Waals surface area (Å²) in [6.07, 6.45) is -0.908. The Morgan fingerprint density at radius 2 is 1.47 bits per heavy atom. The van der Waals surface area contributed by atoms with Gasteiger partial charge in [-0.05, 0) is 65.4 Å². The molecule has 3 rings (SSSR count). The third kappa shape index (κ3) is 5.37. The average Bonchev–Trinajstić information content (AvgIpc) is 3.28. The van der Waals surface area contributed by atoms with Crippen molar-refractivity contribution in [3.63, 3.8) is 0 Å². The summed E-state index contributed by atoms with van der Waals surface area (Å²) < 4.78 is 29.0. The first-order valence-corrected chi connectivity index (χ1v) is 14.8. The SMILES string of the molecule is COc1ccc([C@H](O[Si](C)(C)C(C)(C)C)[C@H](C)[C@@H](C)[C@H](O)c2ccc3c(c2)OCO3)cc1OC. The number of ether oxygens (including phenoxy) is 4. The van der Waals surface area contributed by atoms with E-state index in [2.05, 4.69) is 47.7 Å². The minimum Gasteiger partial charge on any atom is -0.493 e. The van der Waals surface area contributed by atoms with E-state index in [9.17, 15) is 5.11 Å². The number of benzene rings is 2. The molecule has 1 aliphatic heterocycles. The van der Waals surface area contributed by atoms with Gasteiger partial charge in [0.25, 0.3) is 0 Å². The summed E-state index contributed by atoms with van der Waals surface area (Å²) in [4.78, 5) is 0. The Bertz CT molecular complexity index is 984. The fraction of sp³-hybridized carbons (Fsp3) is 0.556. The molecule has 2 aromatic rings. The first-order valence-electron chi connectivity index (χ1n) is 11.9. The molecule has 0 unspecified atom stereocenters. The first-order chi connectivity index (χ1) is 15.9. The molecule has 6 nitrogen and oxygen atoms in total. The van der Waals surface area contributed by atoms with Crippen LogP contribution < -0.4 is 18.9 Å². The summed E-state index contributed by atoms with van der Waals surface area (Å²) in [7, 11) is 1.15. The highest BCUT2D eigenvalue weighted by molar-refractivity contribution is 6.74. The standard InChI is InChI=1S/C27H40O6Si/c1-17(25(28)19-10-13-22-24(14-19)32-16-31-22)18(2)26(33-34(8,9)27(3,4)5)20-11-12-21(29-6)23(15-20)30-7/h10-15,17-18,25-26,28H,16H2,1-9H3/t17-,18-,25+,26-/m1/s1. The third-order valence-electron chi connectivity index (χ3n) is 7.51. The Hall–Kier alpha value is -2.22. The van der Waals surface area contributed by atoms with Crippen molar-refractivity contribution in [1.82, 2.24) is 0 Å². The van der Waals surface area contributed by atoms with E-state index >= 15 is 0 Å². The van der Waals surface area contributed by atoms with E-state index in [1.807, 2.05) is 36.4 Å². The lowest BCUT2D eigenvalue weighted by molar-refractivity contribution is 0.0265. The molecule has 1 N–H and O–H groups in total. The van der Waals surface area contributed by atoms with Crippen LogP contribution in [0.4, 0.5) is 0 Å². The van der Waals surface area contributed by atoms with Gasteiger partial charge in [-0.15, -0.1) is 0 Å². The van der Waals surface area contributed by atoms with E-state index in [0.29, 0.717) is 23.0 Å². The van der Waals surface area contributed by atoms with Crippen LogP contribution in [0.25, 0.3) is 0 Å². The summed E-state index contributed by atoms with van der Waals surface area (Å²) >= 11 is 0. The van der Waals surface area contributed by atoms with Gasteiger partial charge in [-0.25, -0.2) is 0 Å². The molecule has 7 heteroatoms. The lowest BCUT2D eigenvalue weighted by Gasteiger charge is -2.42. The van der Waals surface area contributed by atoms with Crippen molar-refractivity contribution in [3.05, 3.63) is 47.5 Å². The molecule has 1 heterocycles. The molecule has 4 atom stereocenters. The summed E-state index contributed by atoms with van der Waals surface area (Å²) in [5, 5.41) is 11.4. The zero-order chi connectivity index (χ0) is 25.3. The van der Waals surface area contributed by atoms with Crippen molar-refractivity contribution >= 4 is 8.32 Å². The van der Waals surface area contributed by atoms with Gasteiger partial charge in [0.1, 0.15) is 0 Å². The summed E-state index contributed by atoms with van der Waals surface area (Å²) in [6, 6.07) is 11.6. The maximum absolute atomic E-state index is 11.3. The second-order valence-corrected chi connectivity index (χ2v) is 15.4. The third-order valence-corrected chi connectivity index (χ3v) is 12.0. The van der Waals surface area contributed by atoms with E-state index in [4.69, 9.17) is 23.4 Å². The van der Waals surface area contributed by atoms with Crippen LogP contribution >= 0.6 is 0 Å². The molecule has 2 aromatic carbocycles. The molecule has 0 saturated heterocycles. The van der Waals surface area contributed by atoms with Gasteiger partial charge in [0.2, 0.25) is 6.79 Å².